The summed E-state index contributed by atoms with van der Waals surface area (Å²) in [6, 6.07) is 14.4. The number of halogens is 1. The van der Waals surface area contributed by atoms with E-state index in [1.54, 1.807) is 30.3 Å². The summed E-state index contributed by atoms with van der Waals surface area (Å²) < 4.78 is 0. The fraction of sp³-hybridized carbons (Fsp3) is 0.100. The van der Waals surface area contributed by atoms with Gasteiger partial charge in [-0.15, -0.1) is 0 Å². The van der Waals surface area contributed by atoms with E-state index < -0.39 is 5.91 Å². The molecule has 1 heterocycles. The first-order valence-corrected chi connectivity index (χ1v) is 8.52. The monoisotopic (exact) mass is 377 g/mol. The molecule has 0 aliphatic carbocycles. The van der Waals surface area contributed by atoms with Gasteiger partial charge in [-0.25, -0.2) is 9.97 Å². The van der Waals surface area contributed by atoms with E-state index in [0.717, 1.165) is 11.1 Å². The number of aromatic nitrogens is 2. The predicted octanol–water partition coefficient (Wildman–Crippen LogP) is 4.61. The van der Waals surface area contributed by atoms with Crippen molar-refractivity contribution in [2.75, 3.05) is 10.6 Å². The molecule has 27 heavy (non-hydrogen) atoms. The molecule has 7 heteroatoms. The number of benzene rings is 2. The van der Waals surface area contributed by atoms with Crippen molar-refractivity contribution in [3.63, 3.8) is 0 Å². The molecular formula is C20H16ClN5O. The first-order valence-electron chi connectivity index (χ1n) is 8.14. The Kier molecular flexibility index (Phi) is 5.34. The number of nitriles is 1. The summed E-state index contributed by atoms with van der Waals surface area (Å²) in [4.78, 5) is 20.7. The zero-order chi connectivity index (χ0) is 19.4. The Bertz CT molecular complexity index is 1040. The van der Waals surface area contributed by atoms with Crippen molar-refractivity contribution in [3.05, 3.63) is 76.2 Å². The van der Waals surface area contributed by atoms with Crippen LogP contribution in [0.25, 0.3) is 0 Å². The lowest BCUT2D eigenvalue weighted by molar-refractivity contribution is 0.102. The van der Waals surface area contributed by atoms with Crippen molar-refractivity contribution in [1.29, 1.82) is 5.26 Å². The van der Waals surface area contributed by atoms with E-state index in [1.807, 2.05) is 19.9 Å². The third kappa shape index (κ3) is 4.22. The molecule has 0 aliphatic rings. The van der Waals surface area contributed by atoms with Crippen molar-refractivity contribution in [3.8, 4) is 6.07 Å². The van der Waals surface area contributed by atoms with Crippen LogP contribution in [0.15, 0.2) is 48.8 Å². The van der Waals surface area contributed by atoms with Gasteiger partial charge in [-0.3, -0.25) is 4.79 Å². The van der Waals surface area contributed by atoms with Gasteiger partial charge in [0.1, 0.15) is 23.9 Å². The lowest BCUT2D eigenvalue weighted by Gasteiger charge is -2.12. The second kappa shape index (κ2) is 7.85. The Morgan fingerprint density at radius 1 is 1.15 bits per heavy atom. The van der Waals surface area contributed by atoms with E-state index in [0.29, 0.717) is 27.8 Å². The number of rotatable bonds is 4. The summed E-state index contributed by atoms with van der Waals surface area (Å²) in [6.07, 6.45) is 1.29. The lowest BCUT2D eigenvalue weighted by Crippen LogP contribution is -2.15. The Hall–Kier alpha value is -3.43. The summed E-state index contributed by atoms with van der Waals surface area (Å²) in [5.74, 6) is 0.00689. The van der Waals surface area contributed by atoms with Gasteiger partial charge in [0.2, 0.25) is 0 Å². The number of nitrogens with zero attached hydrogens (tertiary/aromatic N) is 3. The van der Waals surface area contributed by atoms with Crippen LogP contribution in [0.2, 0.25) is 5.02 Å². The molecule has 0 fully saturated rings. The maximum Gasteiger partial charge on any atom is 0.274 e. The van der Waals surface area contributed by atoms with Crippen LogP contribution < -0.4 is 10.6 Å². The summed E-state index contributed by atoms with van der Waals surface area (Å²) in [6.45, 7) is 3.81. The molecule has 3 aromatic rings. The molecule has 2 aromatic carbocycles. The molecule has 0 spiro atoms. The molecular weight excluding hydrogens is 362 g/mol. The maximum absolute atomic E-state index is 12.6. The minimum absolute atomic E-state index is 0.179. The number of aryl methyl sites for hydroxylation is 2. The van der Waals surface area contributed by atoms with Crippen molar-refractivity contribution in [2.24, 2.45) is 0 Å². The largest absolute Gasteiger partial charge is 0.339 e. The lowest BCUT2D eigenvalue weighted by atomic mass is 10.1. The third-order valence-corrected chi connectivity index (χ3v) is 4.18. The molecule has 134 valence electrons. The van der Waals surface area contributed by atoms with E-state index in [-0.39, 0.29) is 5.69 Å². The van der Waals surface area contributed by atoms with E-state index in [4.69, 9.17) is 11.6 Å². The van der Waals surface area contributed by atoms with Crippen LogP contribution in [0, 0.1) is 25.2 Å². The number of hydrogen-bond acceptors (Lipinski definition) is 5. The number of carbonyl (C=O) groups excluding carboxylic acids is 1. The highest BCUT2D eigenvalue weighted by molar-refractivity contribution is 6.34. The number of carbonyl (C=O) groups is 1. The SMILES string of the molecule is Cc1cc(C)c(NC(=O)c2cc(Nc3ccccc3C#N)ncn2)c(Cl)c1. The highest BCUT2D eigenvalue weighted by Gasteiger charge is 2.14. The zero-order valence-corrected chi connectivity index (χ0v) is 15.5. The van der Waals surface area contributed by atoms with Crippen LogP contribution in [0.3, 0.4) is 0 Å². The summed E-state index contributed by atoms with van der Waals surface area (Å²) >= 11 is 6.25. The van der Waals surface area contributed by atoms with Crippen molar-refractivity contribution in [2.45, 2.75) is 13.8 Å². The van der Waals surface area contributed by atoms with Crippen LogP contribution in [-0.4, -0.2) is 15.9 Å². The average Bonchev–Trinajstić information content (AvgIpc) is 2.65. The smallest absolute Gasteiger partial charge is 0.274 e. The molecule has 0 aliphatic heterocycles. The second-order valence-electron chi connectivity index (χ2n) is 5.96. The molecule has 1 aromatic heterocycles. The minimum Gasteiger partial charge on any atom is -0.339 e. The van der Waals surface area contributed by atoms with E-state index >= 15 is 0 Å². The van der Waals surface area contributed by atoms with Gasteiger partial charge in [0.15, 0.2) is 0 Å². The summed E-state index contributed by atoms with van der Waals surface area (Å²) in [5, 5.41) is 15.5. The quantitative estimate of drug-likeness (QED) is 0.692. The van der Waals surface area contributed by atoms with Crippen LogP contribution >= 0.6 is 11.6 Å². The van der Waals surface area contributed by atoms with Gasteiger partial charge >= 0.3 is 0 Å². The predicted molar refractivity (Wildman–Crippen MR) is 105 cm³/mol. The normalized spacial score (nSPS) is 10.1. The highest BCUT2D eigenvalue weighted by Crippen LogP contribution is 2.28. The van der Waals surface area contributed by atoms with Gasteiger partial charge in [0.05, 0.1) is 22.0 Å². The van der Waals surface area contributed by atoms with Gasteiger partial charge in [0.25, 0.3) is 5.91 Å². The standard InChI is InChI=1S/C20H16ClN5O/c1-12-7-13(2)19(15(21)8-12)26-20(27)17-9-18(24-11-23-17)25-16-6-4-3-5-14(16)10-22/h3-9,11H,1-2H3,(H,26,27)(H,23,24,25). The Morgan fingerprint density at radius 3 is 2.67 bits per heavy atom. The van der Waals surface area contributed by atoms with Crippen molar-refractivity contribution >= 4 is 34.7 Å². The van der Waals surface area contributed by atoms with Gasteiger partial charge in [0, 0.05) is 6.07 Å². The number of anilines is 3. The Morgan fingerprint density at radius 2 is 1.93 bits per heavy atom. The highest BCUT2D eigenvalue weighted by atomic mass is 35.5. The first-order chi connectivity index (χ1) is 13.0. The number of nitrogens with one attached hydrogen (secondary N) is 2. The van der Waals surface area contributed by atoms with Crippen LogP contribution in [0.5, 0.6) is 0 Å². The number of amides is 1. The Labute approximate surface area is 161 Å². The van der Waals surface area contributed by atoms with Crippen molar-refractivity contribution < 1.29 is 4.79 Å². The molecule has 3 rings (SSSR count). The maximum atomic E-state index is 12.6. The first kappa shape index (κ1) is 18.4. The van der Waals surface area contributed by atoms with Gasteiger partial charge in [-0.05, 0) is 43.2 Å². The molecule has 6 nitrogen and oxygen atoms in total. The minimum atomic E-state index is -0.400. The molecule has 0 bridgehead atoms. The fourth-order valence-corrected chi connectivity index (χ4v) is 3.00. The van der Waals surface area contributed by atoms with E-state index in [1.165, 1.54) is 12.4 Å². The molecule has 0 unspecified atom stereocenters. The van der Waals surface area contributed by atoms with Crippen LogP contribution in [0.1, 0.15) is 27.2 Å². The summed E-state index contributed by atoms with van der Waals surface area (Å²) in [5.41, 5.74) is 3.68. The van der Waals surface area contributed by atoms with E-state index in [9.17, 15) is 10.1 Å². The molecule has 0 saturated heterocycles. The number of para-hydroxylation sites is 1. The molecule has 0 saturated carbocycles. The molecule has 0 atom stereocenters. The van der Waals surface area contributed by atoms with Crippen LogP contribution in [0.4, 0.5) is 17.2 Å². The Balaban J connectivity index is 1.83. The number of hydrogen-bond donors (Lipinski definition) is 2. The van der Waals surface area contributed by atoms with Gasteiger partial charge < -0.3 is 10.6 Å². The average molecular weight is 378 g/mol. The molecule has 2 N–H and O–H groups in total. The second-order valence-corrected chi connectivity index (χ2v) is 6.37. The summed E-state index contributed by atoms with van der Waals surface area (Å²) in [7, 11) is 0. The topological polar surface area (TPSA) is 90.7 Å². The fourth-order valence-electron chi connectivity index (χ4n) is 2.63. The molecule has 0 radical (unpaired) electrons. The molecule has 1 amide bonds. The van der Waals surface area contributed by atoms with E-state index in [2.05, 4.69) is 26.7 Å². The van der Waals surface area contributed by atoms with Gasteiger partial charge in [-0.2, -0.15) is 5.26 Å². The van der Waals surface area contributed by atoms with Crippen LogP contribution in [-0.2, 0) is 0 Å². The van der Waals surface area contributed by atoms with Crippen molar-refractivity contribution in [1.82, 2.24) is 9.97 Å². The third-order valence-electron chi connectivity index (χ3n) is 3.88. The zero-order valence-electron chi connectivity index (χ0n) is 14.7. The van der Waals surface area contributed by atoms with Gasteiger partial charge in [-0.1, -0.05) is 29.8 Å².